The first-order valence-corrected chi connectivity index (χ1v) is 3.27. The lowest BCUT2D eigenvalue weighted by Crippen LogP contribution is -2.31. The summed E-state index contributed by atoms with van der Waals surface area (Å²) in [6, 6.07) is -0.694. The smallest absolute Gasteiger partial charge is 0.269 e. The van der Waals surface area contributed by atoms with Crippen LogP contribution in [0.5, 0.6) is 0 Å². The van der Waals surface area contributed by atoms with Crippen LogP contribution < -0.4 is 5.32 Å². The highest BCUT2D eigenvalue weighted by Crippen LogP contribution is 2.00. The van der Waals surface area contributed by atoms with E-state index in [2.05, 4.69) is 5.92 Å². The maximum atomic E-state index is 10.8. The molecule has 5 heteroatoms. The van der Waals surface area contributed by atoms with E-state index in [1.54, 1.807) is 0 Å². The van der Waals surface area contributed by atoms with E-state index >= 15 is 0 Å². The molecule has 0 atom stereocenters. The summed E-state index contributed by atoms with van der Waals surface area (Å²) in [4.78, 5) is 33.0. The lowest BCUT2D eigenvalue weighted by atomic mass is 10.4. The van der Waals surface area contributed by atoms with Crippen LogP contribution in [0.1, 0.15) is 6.42 Å². The Hall–Kier alpha value is -1.83. The molecule has 0 radical (unpaired) electrons. The number of hydrogen-bond donors (Lipinski definition) is 1. The molecule has 0 saturated carbocycles. The Balaban J connectivity index is 2.65. The number of rotatable bonds is 2. The van der Waals surface area contributed by atoms with Gasteiger partial charge in [-0.3, -0.25) is 19.8 Å². The summed E-state index contributed by atoms with van der Waals surface area (Å²) in [6.45, 7) is 0.0902. The van der Waals surface area contributed by atoms with Crippen LogP contribution in [0.4, 0.5) is 4.79 Å². The summed E-state index contributed by atoms with van der Waals surface area (Å²) in [5, 5.41) is 1.86. The van der Waals surface area contributed by atoms with Crippen LogP contribution in [-0.2, 0) is 9.59 Å². The Kier molecular flexibility index (Phi) is 2.10. The second-order valence-corrected chi connectivity index (χ2v) is 2.17. The molecular weight excluding hydrogens is 160 g/mol. The van der Waals surface area contributed by atoms with E-state index in [9.17, 15) is 14.4 Å². The molecule has 4 amide bonds. The van der Waals surface area contributed by atoms with E-state index < -0.39 is 17.8 Å². The van der Waals surface area contributed by atoms with Crippen LogP contribution in [-0.4, -0.2) is 29.3 Å². The molecular formula is C7H6N2O3. The van der Waals surface area contributed by atoms with Gasteiger partial charge in [0.15, 0.2) is 0 Å². The fourth-order valence-electron chi connectivity index (χ4n) is 0.812. The van der Waals surface area contributed by atoms with Gasteiger partial charge in [0.1, 0.15) is 0 Å². The number of hydrogen-bond acceptors (Lipinski definition) is 3. The molecule has 0 aromatic rings. The van der Waals surface area contributed by atoms with Gasteiger partial charge in [0, 0.05) is 13.0 Å². The molecule has 1 aliphatic rings. The lowest BCUT2D eigenvalue weighted by Gasteiger charge is -2.07. The number of terminal acetylenes is 1. The van der Waals surface area contributed by atoms with Crippen molar-refractivity contribution in [3.63, 3.8) is 0 Å². The van der Waals surface area contributed by atoms with Crippen LogP contribution in [0, 0.1) is 12.3 Å². The fourth-order valence-corrected chi connectivity index (χ4v) is 0.812. The molecule has 1 N–H and O–H groups in total. The SMILES string of the molecule is C#CCCN1C(=O)NC(=O)C1=O. The zero-order valence-corrected chi connectivity index (χ0v) is 6.16. The number of carbonyl (C=O) groups excluding carboxylic acids is 3. The minimum absolute atomic E-state index is 0.0902. The standard InChI is InChI=1S/C7H6N2O3/c1-2-3-4-9-6(11)5(10)8-7(9)12/h1H,3-4H2,(H,8,10,12). The molecule has 1 saturated heterocycles. The van der Waals surface area contributed by atoms with Gasteiger partial charge in [0.05, 0.1) is 0 Å². The van der Waals surface area contributed by atoms with E-state index in [0.717, 1.165) is 4.90 Å². The number of amides is 4. The first-order valence-electron chi connectivity index (χ1n) is 3.27. The number of nitrogens with zero attached hydrogens (tertiary/aromatic N) is 1. The third-order valence-electron chi connectivity index (χ3n) is 1.38. The molecule has 0 bridgehead atoms. The van der Waals surface area contributed by atoms with Crippen molar-refractivity contribution in [2.24, 2.45) is 0 Å². The van der Waals surface area contributed by atoms with Crippen molar-refractivity contribution in [1.29, 1.82) is 0 Å². The van der Waals surface area contributed by atoms with E-state index in [1.165, 1.54) is 0 Å². The van der Waals surface area contributed by atoms with Crippen LogP contribution in [0.25, 0.3) is 0 Å². The van der Waals surface area contributed by atoms with Gasteiger partial charge < -0.3 is 0 Å². The second kappa shape index (κ2) is 3.05. The van der Waals surface area contributed by atoms with Gasteiger partial charge in [-0.1, -0.05) is 0 Å². The third-order valence-corrected chi connectivity index (χ3v) is 1.38. The van der Waals surface area contributed by atoms with Crippen LogP contribution >= 0.6 is 0 Å². The van der Waals surface area contributed by atoms with Crippen molar-refractivity contribution in [3.8, 4) is 12.3 Å². The maximum Gasteiger partial charge on any atom is 0.331 e. The first-order chi connectivity index (χ1) is 5.66. The molecule has 1 fully saturated rings. The number of urea groups is 1. The van der Waals surface area contributed by atoms with Gasteiger partial charge >= 0.3 is 17.8 Å². The Morgan fingerprint density at radius 2 is 2.08 bits per heavy atom. The molecule has 12 heavy (non-hydrogen) atoms. The Morgan fingerprint density at radius 3 is 2.50 bits per heavy atom. The molecule has 5 nitrogen and oxygen atoms in total. The Labute approximate surface area is 68.7 Å². The maximum absolute atomic E-state index is 10.8. The summed E-state index contributed by atoms with van der Waals surface area (Å²) in [5.41, 5.74) is 0. The molecule has 0 aromatic heterocycles. The van der Waals surface area contributed by atoms with Gasteiger partial charge in [-0.05, 0) is 0 Å². The summed E-state index contributed by atoms with van der Waals surface area (Å²) in [7, 11) is 0. The van der Waals surface area contributed by atoms with E-state index in [1.807, 2.05) is 5.32 Å². The fraction of sp³-hybridized carbons (Fsp3) is 0.286. The molecule has 1 heterocycles. The molecule has 1 aliphatic heterocycles. The highest BCUT2D eigenvalue weighted by atomic mass is 16.2. The van der Waals surface area contributed by atoms with E-state index in [4.69, 9.17) is 6.42 Å². The van der Waals surface area contributed by atoms with Gasteiger partial charge in [0.25, 0.3) is 0 Å². The molecule has 0 spiro atoms. The van der Waals surface area contributed by atoms with Crippen molar-refractivity contribution in [1.82, 2.24) is 10.2 Å². The van der Waals surface area contributed by atoms with Crippen molar-refractivity contribution in [3.05, 3.63) is 0 Å². The second-order valence-electron chi connectivity index (χ2n) is 2.17. The van der Waals surface area contributed by atoms with Gasteiger partial charge in [-0.15, -0.1) is 12.3 Å². The third kappa shape index (κ3) is 1.27. The molecule has 62 valence electrons. The first kappa shape index (κ1) is 8.27. The molecule has 1 rings (SSSR count). The normalized spacial score (nSPS) is 16.2. The summed E-state index contributed by atoms with van der Waals surface area (Å²) >= 11 is 0. The zero-order chi connectivity index (χ0) is 9.14. The van der Waals surface area contributed by atoms with Gasteiger partial charge in [-0.2, -0.15) is 0 Å². The average Bonchev–Trinajstić information content (AvgIpc) is 2.25. The van der Waals surface area contributed by atoms with Crippen molar-refractivity contribution in [2.45, 2.75) is 6.42 Å². The van der Waals surface area contributed by atoms with Crippen molar-refractivity contribution in [2.75, 3.05) is 6.54 Å². The van der Waals surface area contributed by atoms with E-state index in [0.29, 0.717) is 0 Å². The lowest BCUT2D eigenvalue weighted by molar-refractivity contribution is -0.140. The zero-order valence-electron chi connectivity index (χ0n) is 6.16. The highest BCUT2D eigenvalue weighted by Gasteiger charge is 2.35. The van der Waals surface area contributed by atoms with Crippen molar-refractivity contribution < 1.29 is 14.4 Å². The van der Waals surface area contributed by atoms with Crippen LogP contribution in [0.2, 0.25) is 0 Å². The number of imide groups is 2. The van der Waals surface area contributed by atoms with E-state index in [-0.39, 0.29) is 13.0 Å². The van der Waals surface area contributed by atoms with Gasteiger partial charge in [0.2, 0.25) is 0 Å². The summed E-state index contributed by atoms with van der Waals surface area (Å²) < 4.78 is 0. The topological polar surface area (TPSA) is 66.5 Å². The number of nitrogens with one attached hydrogen (secondary N) is 1. The van der Waals surface area contributed by atoms with Crippen LogP contribution in [0.15, 0.2) is 0 Å². The Morgan fingerprint density at radius 1 is 1.42 bits per heavy atom. The van der Waals surface area contributed by atoms with Crippen LogP contribution in [0.3, 0.4) is 0 Å². The highest BCUT2D eigenvalue weighted by molar-refractivity contribution is 6.44. The molecule has 0 aromatic carbocycles. The average molecular weight is 166 g/mol. The molecule has 0 unspecified atom stereocenters. The minimum Gasteiger partial charge on any atom is -0.269 e. The largest absolute Gasteiger partial charge is 0.331 e. The number of carbonyl (C=O) groups is 3. The predicted octanol–water partition coefficient (Wildman–Crippen LogP) is -0.912. The quantitative estimate of drug-likeness (QED) is 0.328. The molecule has 0 aliphatic carbocycles. The summed E-state index contributed by atoms with van der Waals surface area (Å²) in [6.07, 6.45) is 5.18. The monoisotopic (exact) mass is 166 g/mol. The predicted molar refractivity (Wildman–Crippen MR) is 38.7 cm³/mol. The van der Waals surface area contributed by atoms with Gasteiger partial charge in [-0.25, -0.2) is 4.79 Å². The summed E-state index contributed by atoms with van der Waals surface area (Å²) in [5.74, 6) is 0.536. The van der Waals surface area contributed by atoms with Crippen molar-refractivity contribution >= 4 is 17.8 Å². The Bertz CT molecular complexity index is 290. The minimum atomic E-state index is -0.892.